The molecule has 1 aromatic carbocycles. The molecule has 0 atom stereocenters. The molecule has 0 bridgehead atoms. The average molecular weight is 215 g/mol. The molecule has 0 radical (unpaired) electrons. The van der Waals surface area contributed by atoms with Gasteiger partial charge < -0.3 is 5.32 Å². The van der Waals surface area contributed by atoms with Gasteiger partial charge in [-0.1, -0.05) is 51.0 Å². The third-order valence-corrected chi connectivity index (χ3v) is 2.54. The van der Waals surface area contributed by atoms with E-state index in [0.717, 1.165) is 13.1 Å². The molecule has 0 saturated heterocycles. The quantitative estimate of drug-likeness (QED) is 0.603. The predicted molar refractivity (Wildman–Crippen MR) is 70.3 cm³/mol. The zero-order valence-electron chi connectivity index (χ0n) is 10.7. The first kappa shape index (κ1) is 12.8. The summed E-state index contributed by atoms with van der Waals surface area (Å²) >= 11 is 0. The van der Waals surface area contributed by atoms with Gasteiger partial charge in [-0.05, 0) is 23.5 Å². The molecule has 0 aliphatic rings. The molecule has 1 N–H and O–H groups in total. The summed E-state index contributed by atoms with van der Waals surface area (Å²) in [6, 6.07) is 8.80. The van der Waals surface area contributed by atoms with E-state index >= 15 is 0 Å². The fourth-order valence-corrected chi connectivity index (χ4v) is 1.48. The lowest BCUT2D eigenvalue weighted by molar-refractivity contribution is 0.589. The van der Waals surface area contributed by atoms with E-state index in [1.807, 2.05) is 6.92 Å². The SMILES string of the molecule is CC#CCNCc1ccc(C(C)(C)C)cc1. The van der Waals surface area contributed by atoms with E-state index in [4.69, 9.17) is 0 Å². The lowest BCUT2D eigenvalue weighted by atomic mass is 9.87. The molecule has 0 amide bonds. The average Bonchev–Trinajstić information content (AvgIpc) is 2.24. The molecular weight excluding hydrogens is 194 g/mol. The second-order valence-electron chi connectivity index (χ2n) is 4.98. The molecule has 0 heterocycles. The highest BCUT2D eigenvalue weighted by Gasteiger charge is 2.12. The van der Waals surface area contributed by atoms with Crippen LogP contribution in [0.5, 0.6) is 0 Å². The zero-order chi connectivity index (χ0) is 12.0. The number of hydrogen-bond donors (Lipinski definition) is 1. The summed E-state index contributed by atoms with van der Waals surface area (Å²) in [5, 5.41) is 3.29. The van der Waals surface area contributed by atoms with Gasteiger partial charge in [-0.3, -0.25) is 0 Å². The normalized spacial score (nSPS) is 10.8. The first-order chi connectivity index (χ1) is 7.54. The monoisotopic (exact) mass is 215 g/mol. The Morgan fingerprint density at radius 3 is 2.25 bits per heavy atom. The van der Waals surface area contributed by atoms with Crippen molar-refractivity contribution in [3.05, 3.63) is 35.4 Å². The smallest absolute Gasteiger partial charge is 0.0578 e. The van der Waals surface area contributed by atoms with Crippen LogP contribution in [-0.2, 0) is 12.0 Å². The van der Waals surface area contributed by atoms with E-state index in [1.54, 1.807) is 0 Å². The Kier molecular flexibility index (Phi) is 4.58. The van der Waals surface area contributed by atoms with Crippen LogP contribution in [0.3, 0.4) is 0 Å². The fraction of sp³-hybridized carbons (Fsp3) is 0.467. The van der Waals surface area contributed by atoms with E-state index < -0.39 is 0 Å². The van der Waals surface area contributed by atoms with Gasteiger partial charge >= 0.3 is 0 Å². The Hall–Kier alpha value is -1.26. The van der Waals surface area contributed by atoms with Crippen molar-refractivity contribution in [2.75, 3.05) is 6.54 Å². The minimum absolute atomic E-state index is 0.236. The summed E-state index contributed by atoms with van der Waals surface area (Å²) in [6.07, 6.45) is 0. The van der Waals surface area contributed by atoms with Gasteiger partial charge in [0.25, 0.3) is 0 Å². The maximum Gasteiger partial charge on any atom is 0.0578 e. The molecule has 1 heteroatoms. The first-order valence-electron chi connectivity index (χ1n) is 5.74. The van der Waals surface area contributed by atoms with E-state index in [9.17, 15) is 0 Å². The van der Waals surface area contributed by atoms with Gasteiger partial charge in [0.15, 0.2) is 0 Å². The Morgan fingerprint density at radius 2 is 1.75 bits per heavy atom. The fourth-order valence-electron chi connectivity index (χ4n) is 1.48. The molecule has 0 aliphatic carbocycles. The summed E-state index contributed by atoms with van der Waals surface area (Å²) < 4.78 is 0. The molecule has 0 aromatic heterocycles. The molecule has 1 rings (SSSR count). The summed E-state index contributed by atoms with van der Waals surface area (Å²) in [5.41, 5.74) is 2.93. The molecular formula is C15H21N. The summed E-state index contributed by atoms with van der Waals surface area (Å²) in [4.78, 5) is 0. The number of nitrogens with one attached hydrogen (secondary N) is 1. The maximum atomic E-state index is 3.29. The molecule has 0 aliphatic heterocycles. The molecule has 0 saturated carbocycles. The van der Waals surface area contributed by atoms with E-state index in [2.05, 4.69) is 62.2 Å². The highest BCUT2D eigenvalue weighted by molar-refractivity contribution is 5.27. The van der Waals surface area contributed by atoms with Crippen molar-refractivity contribution in [1.82, 2.24) is 5.32 Å². The second-order valence-corrected chi connectivity index (χ2v) is 4.98. The summed E-state index contributed by atoms with van der Waals surface area (Å²) in [5.74, 6) is 5.86. The molecule has 1 aromatic rings. The minimum atomic E-state index is 0.236. The van der Waals surface area contributed by atoms with Crippen molar-refractivity contribution in [1.29, 1.82) is 0 Å². The molecule has 1 nitrogen and oxygen atoms in total. The van der Waals surface area contributed by atoms with E-state index in [-0.39, 0.29) is 5.41 Å². The number of hydrogen-bond acceptors (Lipinski definition) is 1. The molecule has 86 valence electrons. The van der Waals surface area contributed by atoms with Gasteiger partial charge in [0.05, 0.1) is 6.54 Å². The van der Waals surface area contributed by atoms with Crippen LogP contribution in [0.15, 0.2) is 24.3 Å². The molecule has 0 unspecified atom stereocenters. The number of rotatable bonds is 3. The lowest BCUT2D eigenvalue weighted by Crippen LogP contribution is -2.14. The Balaban J connectivity index is 2.54. The predicted octanol–water partition coefficient (Wildman–Crippen LogP) is 3.10. The van der Waals surface area contributed by atoms with Crippen molar-refractivity contribution >= 4 is 0 Å². The third kappa shape index (κ3) is 4.08. The lowest BCUT2D eigenvalue weighted by Gasteiger charge is -2.19. The second kappa shape index (κ2) is 5.72. The Morgan fingerprint density at radius 1 is 1.12 bits per heavy atom. The highest BCUT2D eigenvalue weighted by Crippen LogP contribution is 2.21. The summed E-state index contributed by atoms with van der Waals surface area (Å²) in [6.45, 7) is 10.2. The van der Waals surface area contributed by atoms with Crippen LogP contribution in [0.1, 0.15) is 38.8 Å². The van der Waals surface area contributed by atoms with Crippen LogP contribution >= 0.6 is 0 Å². The van der Waals surface area contributed by atoms with Crippen molar-refractivity contribution in [2.45, 2.75) is 39.7 Å². The Labute approximate surface area is 99.3 Å². The van der Waals surface area contributed by atoms with Crippen LogP contribution in [0.4, 0.5) is 0 Å². The van der Waals surface area contributed by atoms with Crippen LogP contribution in [0, 0.1) is 11.8 Å². The van der Waals surface area contributed by atoms with Gasteiger partial charge in [-0.15, -0.1) is 5.92 Å². The van der Waals surface area contributed by atoms with Crippen LogP contribution in [0.2, 0.25) is 0 Å². The van der Waals surface area contributed by atoms with Crippen molar-refractivity contribution < 1.29 is 0 Å². The largest absolute Gasteiger partial charge is 0.302 e. The van der Waals surface area contributed by atoms with Crippen molar-refractivity contribution in [3.8, 4) is 11.8 Å². The topological polar surface area (TPSA) is 12.0 Å². The van der Waals surface area contributed by atoms with E-state index in [0.29, 0.717) is 0 Å². The molecule has 16 heavy (non-hydrogen) atoms. The van der Waals surface area contributed by atoms with Crippen LogP contribution in [-0.4, -0.2) is 6.54 Å². The van der Waals surface area contributed by atoms with Crippen molar-refractivity contribution in [3.63, 3.8) is 0 Å². The standard InChI is InChI=1S/C15H21N/c1-5-6-11-16-12-13-7-9-14(10-8-13)15(2,3)4/h7-10,16H,11-12H2,1-4H3. The van der Waals surface area contributed by atoms with Gasteiger partial charge in [-0.2, -0.15) is 0 Å². The third-order valence-electron chi connectivity index (χ3n) is 2.54. The van der Waals surface area contributed by atoms with E-state index in [1.165, 1.54) is 11.1 Å². The van der Waals surface area contributed by atoms with Gasteiger partial charge in [0.1, 0.15) is 0 Å². The van der Waals surface area contributed by atoms with Gasteiger partial charge in [0.2, 0.25) is 0 Å². The number of benzene rings is 1. The van der Waals surface area contributed by atoms with Crippen LogP contribution in [0.25, 0.3) is 0 Å². The van der Waals surface area contributed by atoms with Gasteiger partial charge in [-0.25, -0.2) is 0 Å². The highest BCUT2D eigenvalue weighted by atomic mass is 14.8. The summed E-state index contributed by atoms with van der Waals surface area (Å²) in [7, 11) is 0. The van der Waals surface area contributed by atoms with Crippen LogP contribution < -0.4 is 5.32 Å². The minimum Gasteiger partial charge on any atom is -0.302 e. The molecule has 0 fully saturated rings. The maximum absolute atomic E-state index is 3.29. The first-order valence-corrected chi connectivity index (χ1v) is 5.74. The molecule has 0 spiro atoms. The zero-order valence-corrected chi connectivity index (χ0v) is 10.7. The Bertz CT molecular complexity index is 371. The van der Waals surface area contributed by atoms with Gasteiger partial charge in [0, 0.05) is 6.54 Å². The van der Waals surface area contributed by atoms with Crippen molar-refractivity contribution in [2.24, 2.45) is 0 Å².